The van der Waals surface area contributed by atoms with Crippen molar-refractivity contribution in [2.45, 2.75) is 70.7 Å². The summed E-state index contributed by atoms with van der Waals surface area (Å²) in [6.07, 6.45) is 6.91. The smallest absolute Gasteiger partial charge is 0.241 e. The Morgan fingerprint density at radius 3 is 2.83 bits per heavy atom. The molecule has 4 nitrogen and oxygen atoms in total. The molecule has 0 aromatic rings. The molecule has 2 fully saturated rings. The first kappa shape index (κ1) is 13.8. The summed E-state index contributed by atoms with van der Waals surface area (Å²) in [5.74, 6) is 0.276. The van der Waals surface area contributed by atoms with Gasteiger partial charge in [0.15, 0.2) is 0 Å². The molecule has 104 valence electrons. The largest absolute Gasteiger partial charge is 0.376 e. The maximum absolute atomic E-state index is 12.3. The van der Waals surface area contributed by atoms with Crippen LogP contribution in [0.3, 0.4) is 0 Å². The molecule has 2 heterocycles. The third-order valence-electron chi connectivity index (χ3n) is 3.99. The average Bonchev–Trinajstić information content (AvgIpc) is 2.69. The summed E-state index contributed by atoms with van der Waals surface area (Å²) in [5, 5.41) is 3.45. The topological polar surface area (TPSA) is 41.6 Å². The van der Waals surface area contributed by atoms with E-state index in [9.17, 15) is 4.79 Å². The molecule has 4 heteroatoms. The van der Waals surface area contributed by atoms with Crippen LogP contribution in [0.4, 0.5) is 0 Å². The van der Waals surface area contributed by atoms with Crippen LogP contribution >= 0.6 is 0 Å². The molecule has 2 aliphatic rings. The molecular formula is C14H26N2O2. The Morgan fingerprint density at radius 2 is 2.22 bits per heavy atom. The predicted octanol–water partition coefficient (Wildman–Crippen LogP) is 1.89. The first-order chi connectivity index (χ1) is 8.76. The number of nitrogens with one attached hydrogen (secondary N) is 1. The lowest BCUT2D eigenvalue weighted by Crippen LogP contribution is -2.43. The van der Waals surface area contributed by atoms with Crippen LogP contribution in [-0.2, 0) is 9.53 Å². The van der Waals surface area contributed by atoms with Gasteiger partial charge in [-0.1, -0.05) is 20.3 Å². The van der Waals surface area contributed by atoms with Crippen LogP contribution in [0.15, 0.2) is 0 Å². The van der Waals surface area contributed by atoms with Crippen molar-refractivity contribution in [1.29, 1.82) is 0 Å². The number of rotatable bonds is 5. The van der Waals surface area contributed by atoms with E-state index in [2.05, 4.69) is 19.2 Å². The van der Waals surface area contributed by atoms with Gasteiger partial charge in [-0.25, -0.2) is 0 Å². The van der Waals surface area contributed by atoms with Crippen molar-refractivity contribution in [2.75, 3.05) is 13.2 Å². The number of carbonyl (C=O) groups excluding carboxylic acids is 1. The van der Waals surface area contributed by atoms with Gasteiger partial charge in [-0.05, 0) is 32.1 Å². The van der Waals surface area contributed by atoms with Gasteiger partial charge in [0.1, 0.15) is 0 Å². The van der Waals surface area contributed by atoms with Crippen molar-refractivity contribution in [1.82, 2.24) is 10.2 Å². The number of ether oxygens (including phenoxy) is 1. The zero-order valence-corrected chi connectivity index (χ0v) is 11.7. The summed E-state index contributed by atoms with van der Waals surface area (Å²) >= 11 is 0. The Labute approximate surface area is 110 Å². The van der Waals surface area contributed by atoms with Gasteiger partial charge in [0.05, 0.1) is 18.3 Å². The second-order valence-electron chi connectivity index (χ2n) is 5.41. The first-order valence-electron chi connectivity index (χ1n) is 7.44. The number of nitrogens with zero attached hydrogens (tertiary/aromatic N) is 1. The summed E-state index contributed by atoms with van der Waals surface area (Å²) in [5.41, 5.74) is 0. The van der Waals surface area contributed by atoms with Gasteiger partial charge in [0.25, 0.3) is 0 Å². The fraction of sp³-hybridized carbons (Fsp3) is 0.929. The average molecular weight is 254 g/mol. The van der Waals surface area contributed by atoms with Gasteiger partial charge in [-0.15, -0.1) is 0 Å². The minimum absolute atomic E-state index is 0.0311. The van der Waals surface area contributed by atoms with Crippen LogP contribution in [0.1, 0.15) is 52.4 Å². The highest BCUT2D eigenvalue weighted by Crippen LogP contribution is 2.21. The minimum Gasteiger partial charge on any atom is -0.376 e. The van der Waals surface area contributed by atoms with Gasteiger partial charge in [0, 0.05) is 13.2 Å². The summed E-state index contributed by atoms with van der Waals surface area (Å²) in [6, 6.07) is 0.0311. The highest BCUT2D eigenvalue weighted by atomic mass is 16.5. The highest BCUT2D eigenvalue weighted by Gasteiger charge is 2.38. The Kier molecular flexibility index (Phi) is 5.01. The number of amides is 1. The van der Waals surface area contributed by atoms with Crippen LogP contribution in [0, 0.1) is 0 Å². The predicted molar refractivity (Wildman–Crippen MR) is 71.2 cm³/mol. The molecule has 0 aliphatic carbocycles. The summed E-state index contributed by atoms with van der Waals surface area (Å²) < 4.78 is 5.75. The van der Waals surface area contributed by atoms with Crippen LogP contribution in [0.2, 0.25) is 0 Å². The first-order valence-corrected chi connectivity index (χ1v) is 7.44. The molecule has 1 amide bonds. The van der Waals surface area contributed by atoms with Crippen LogP contribution < -0.4 is 5.32 Å². The van der Waals surface area contributed by atoms with Crippen LogP contribution in [-0.4, -0.2) is 42.3 Å². The normalized spacial score (nSPS) is 33.1. The molecule has 1 N–H and O–H groups in total. The summed E-state index contributed by atoms with van der Waals surface area (Å²) in [6.45, 7) is 5.89. The lowest BCUT2D eigenvalue weighted by Gasteiger charge is -2.30. The fourth-order valence-electron chi connectivity index (χ4n) is 2.97. The van der Waals surface area contributed by atoms with E-state index in [1.54, 1.807) is 0 Å². The maximum atomic E-state index is 12.3. The van der Waals surface area contributed by atoms with Crippen molar-refractivity contribution in [3.8, 4) is 0 Å². The van der Waals surface area contributed by atoms with E-state index in [4.69, 9.17) is 4.74 Å². The lowest BCUT2D eigenvalue weighted by molar-refractivity contribution is -0.132. The second kappa shape index (κ2) is 6.53. The Morgan fingerprint density at radius 1 is 1.39 bits per heavy atom. The summed E-state index contributed by atoms with van der Waals surface area (Å²) in [4.78, 5) is 14.4. The molecule has 2 aliphatic heterocycles. The van der Waals surface area contributed by atoms with Crippen molar-refractivity contribution in [3.63, 3.8) is 0 Å². The summed E-state index contributed by atoms with van der Waals surface area (Å²) in [7, 11) is 0. The van der Waals surface area contributed by atoms with Crippen molar-refractivity contribution in [2.24, 2.45) is 0 Å². The van der Waals surface area contributed by atoms with E-state index >= 15 is 0 Å². The van der Waals surface area contributed by atoms with E-state index in [1.807, 2.05) is 4.90 Å². The maximum Gasteiger partial charge on any atom is 0.241 e. The number of carbonyl (C=O) groups is 1. The molecule has 2 saturated heterocycles. The van der Waals surface area contributed by atoms with Crippen molar-refractivity contribution in [3.05, 3.63) is 0 Å². The molecule has 0 spiro atoms. The van der Waals surface area contributed by atoms with E-state index < -0.39 is 0 Å². The number of hydrogen-bond acceptors (Lipinski definition) is 3. The zero-order valence-electron chi connectivity index (χ0n) is 11.7. The van der Waals surface area contributed by atoms with Gasteiger partial charge in [-0.2, -0.15) is 0 Å². The monoisotopic (exact) mass is 254 g/mol. The number of hydrogen-bond donors (Lipinski definition) is 1. The molecular weight excluding hydrogens is 228 g/mol. The van der Waals surface area contributed by atoms with E-state index in [-0.39, 0.29) is 24.2 Å². The fourth-order valence-corrected chi connectivity index (χ4v) is 2.97. The second-order valence-corrected chi connectivity index (χ2v) is 5.41. The van der Waals surface area contributed by atoms with Crippen molar-refractivity contribution < 1.29 is 9.53 Å². The Bertz CT molecular complexity index is 277. The SMILES string of the molecule is CCCC1NC(CC)N(CC2CCCCO2)C1=O. The Balaban J connectivity index is 1.93. The molecule has 0 radical (unpaired) electrons. The van der Waals surface area contributed by atoms with E-state index in [0.717, 1.165) is 38.8 Å². The van der Waals surface area contributed by atoms with E-state index in [1.165, 1.54) is 12.8 Å². The van der Waals surface area contributed by atoms with Gasteiger partial charge < -0.3 is 9.64 Å². The minimum atomic E-state index is 0.0311. The van der Waals surface area contributed by atoms with Crippen LogP contribution in [0.5, 0.6) is 0 Å². The highest BCUT2D eigenvalue weighted by molar-refractivity contribution is 5.84. The molecule has 0 saturated carbocycles. The molecule has 0 bridgehead atoms. The lowest BCUT2D eigenvalue weighted by atomic mass is 10.1. The molecule has 0 aromatic heterocycles. The standard InChI is InChI=1S/C14H26N2O2/c1-3-7-12-14(17)16(13(4-2)15-12)10-11-8-5-6-9-18-11/h11-13,15H,3-10H2,1-2H3. The van der Waals surface area contributed by atoms with E-state index in [0.29, 0.717) is 0 Å². The molecule has 18 heavy (non-hydrogen) atoms. The molecule has 0 aromatic carbocycles. The third-order valence-corrected chi connectivity index (χ3v) is 3.99. The van der Waals surface area contributed by atoms with Crippen molar-refractivity contribution >= 4 is 5.91 Å². The Hall–Kier alpha value is -0.610. The van der Waals surface area contributed by atoms with Gasteiger partial charge in [0.2, 0.25) is 5.91 Å². The van der Waals surface area contributed by atoms with Gasteiger partial charge in [-0.3, -0.25) is 10.1 Å². The quantitative estimate of drug-likeness (QED) is 0.814. The zero-order chi connectivity index (χ0) is 13.0. The van der Waals surface area contributed by atoms with Gasteiger partial charge >= 0.3 is 0 Å². The molecule has 3 unspecified atom stereocenters. The molecule has 3 atom stereocenters. The van der Waals surface area contributed by atoms with Crippen LogP contribution in [0.25, 0.3) is 0 Å². The third kappa shape index (κ3) is 3.04. The molecule has 2 rings (SSSR count).